The first-order chi connectivity index (χ1) is 14.5. The van der Waals surface area contributed by atoms with Gasteiger partial charge < -0.3 is 19.7 Å². The van der Waals surface area contributed by atoms with Gasteiger partial charge in [0, 0.05) is 23.3 Å². The molecule has 0 aliphatic heterocycles. The molecule has 2 aromatic carbocycles. The van der Waals surface area contributed by atoms with Crippen molar-refractivity contribution < 1.29 is 19.4 Å². The molecule has 0 bridgehead atoms. The standard InChI is InChI=1S/C23H19N3O4/c1-2-30-21-10-8-18(9-11-21)25-22(27)17(15-24)14-20-7-4-12-26(20)19-6-3-5-16(13-19)23(28)29/h3-14H,2H2,1H3,(H,25,27)(H,28,29). The van der Waals surface area contributed by atoms with Crippen molar-refractivity contribution >= 4 is 23.6 Å². The van der Waals surface area contributed by atoms with Gasteiger partial charge in [-0.05, 0) is 67.6 Å². The maximum atomic E-state index is 12.6. The Morgan fingerprint density at radius 1 is 1.17 bits per heavy atom. The molecule has 0 spiro atoms. The molecule has 7 heteroatoms. The lowest BCUT2D eigenvalue weighted by molar-refractivity contribution is -0.112. The van der Waals surface area contributed by atoms with Gasteiger partial charge in [-0.15, -0.1) is 0 Å². The second kappa shape index (κ2) is 9.26. The summed E-state index contributed by atoms with van der Waals surface area (Å²) in [5.41, 5.74) is 1.77. The zero-order chi connectivity index (χ0) is 21.5. The summed E-state index contributed by atoms with van der Waals surface area (Å²) in [4.78, 5) is 23.8. The lowest BCUT2D eigenvalue weighted by Crippen LogP contribution is -2.13. The van der Waals surface area contributed by atoms with Crippen LogP contribution >= 0.6 is 0 Å². The molecule has 0 fully saturated rings. The van der Waals surface area contributed by atoms with Crippen LogP contribution in [-0.4, -0.2) is 28.2 Å². The van der Waals surface area contributed by atoms with Crippen LogP contribution < -0.4 is 10.1 Å². The zero-order valence-corrected chi connectivity index (χ0v) is 16.2. The van der Waals surface area contributed by atoms with Gasteiger partial charge in [-0.2, -0.15) is 5.26 Å². The van der Waals surface area contributed by atoms with E-state index < -0.39 is 11.9 Å². The number of hydrogen-bond acceptors (Lipinski definition) is 4. The van der Waals surface area contributed by atoms with E-state index in [1.54, 1.807) is 59.3 Å². The number of aromatic nitrogens is 1. The summed E-state index contributed by atoms with van der Waals surface area (Å²) in [6, 6.07) is 18.6. The van der Waals surface area contributed by atoms with E-state index in [2.05, 4.69) is 5.32 Å². The van der Waals surface area contributed by atoms with Crippen molar-refractivity contribution in [2.75, 3.05) is 11.9 Å². The van der Waals surface area contributed by atoms with E-state index in [1.807, 2.05) is 13.0 Å². The van der Waals surface area contributed by atoms with E-state index in [0.717, 1.165) is 0 Å². The van der Waals surface area contributed by atoms with Crippen LogP contribution in [0.3, 0.4) is 0 Å². The van der Waals surface area contributed by atoms with Gasteiger partial charge in [0.1, 0.15) is 17.4 Å². The summed E-state index contributed by atoms with van der Waals surface area (Å²) >= 11 is 0. The summed E-state index contributed by atoms with van der Waals surface area (Å²) < 4.78 is 7.07. The van der Waals surface area contributed by atoms with E-state index in [-0.39, 0.29) is 11.1 Å². The average Bonchev–Trinajstić information content (AvgIpc) is 3.22. The number of benzene rings is 2. The third kappa shape index (κ3) is 4.75. The van der Waals surface area contributed by atoms with E-state index in [9.17, 15) is 20.0 Å². The molecular weight excluding hydrogens is 382 g/mol. The third-order valence-electron chi connectivity index (χ3n) is 4.23. The van der Waals surface area contributed by atoms with Crippen LogP contribution in [-0.2, 0) is 4.79 Å². The molecule has 0 aliphatic carbocycles. The van der Waals surface area contributed by atoms with Crippen molar-refractivity contribution in [1.29, 1.82) is 5.26 Å². The number of anilines is 1. The number of carbonyl (C=O) groups is 2. The van der Waals surface area contributed by atoms with Crippen LogP contribution in [0, 0.1) is 11.3 Å². The number of amides is 1. The fourth-order valence-electron chi connectivity index (χ4n) is 2.83. The Morgan fingerprint density at radius 3 is 2.60 bits per heavy atom. The number of nitrogens with zero attached hydrogens (tertiary/aromatic N) is 2. The normalized spacial score (nSPS) is 10.9. The van der Waals surface area contributed by atoms with Crippen molar-refractivity contribution in [1.82, 2.24) is 4.57 Å². The third-order valence-corrected chi connectivity index (χ3v) is 4.23. The van der Waals surface area contributed by atoms with E-state index >= 15 is 0 Å². The van der Waals surface area contributed by atoms with Crippen LogP contribution in [0.2, 0.25) is 0 Å². The molecule has 0 aliphatic rings. The van der Waals surface area contributed by atoms with Gasteiger partial charge in [0.25, 0.3) is 5.91 Å². The summed E-state index contributed by atoms with van der Waals surface area (Å²) in [6.45, 7) is 2.43. The van der Waals surface area contributed by atoms with Crippen LogP contribution in [0.1, 0.15) is 23.0 Å². The molecule has 1 aromatic heterocycles. The minimum Gasteiger partial charge on any atom is -0.494 e. The minimum atomic E-state index is -1.03. The van der Waals surface area contributed by atoms with Crippen molar-refractivity contribution in [3.63, 3.8) is 0 Å². The number of aromatic carboxylic acids is 1. The fourth-order valence-corrected chi connectivity index (χ4v) is 2.83. The van der Waals surface area contributed by atoms with Crippen molar-refractivity contribution in [2.45, 2.75) is 6.92 Å². The maximum Gasteiger partial charge on any atom is 0.335 e. The van der Waals surface area contributed by atoms with Gasteiger partial charge in [0.15, 0.2) is 0 Å². The Balaban J connectivity index is 1.84. The van der Waals surface area contributed by atoms with E-state index in [4.69, 9.17) is 4.74 Å². The number of hydrogen-bond donors (Lipinski definition) is 2. The molecule has 0 atom stereocenters. The Hall–Kier alpha value is -4.31. The Kier molecular flexibility index (Phi) is 6.30. The van der Waals surface area contributed by atoms with Crippen LogP contribution in [0.5, 0.6) is 5.75 Å². The van der Waals surface area contributed by atoms with E-state index in [1.165, 1.54) is 18.2 Å². The van der Waals surface area contributed by atoms with Crippen molar-refractivity contribution in [2.24, 2.45) is 0 Å². The van der Waals surface area contributed by atoms with Crippen LogP contribution in [0.4, 0.5) is 5.69 Å². The minimum absolute atomic E-state index is 0.0850. The monoisotopic (exact) mass is 401 g/mol. The first kappa shape index (κ1) is 20.4. The highest BCUT2D eigenvalue weighted by Gasteiger charge is 2.12. The van der Waals surface area contributed by atoms with Crippen LogP contribution in [0.25, 0.3) is 11.8 Å². The smallest absolute Gasteiger partial charge is 0.335 e. The molecule has 3 rings (SSSR count). The summed E-state index contributed by atoms with van der Waals surface area (Å²) in [6.07, 6.45) is 3.18. The van der Waals surface area contributed by atoms with Gasteiger partial charge in [-0.1, -0.05) is 6.07 Å². The molecular formula is C23H19N3O4. The molecule has 7 nitrogen and oxygen atoms in total. The molecule has 1 heterocycles. The Labute approximate surface area is 173 Å². The summed E-state index contributed by atoms with van der Waals surface area (Å²) in [5, 5.41) is 21.4. The predicted octanol–water partition coefficient (Wildman–Crippen LogP) is 4.12. The largest absolute Gasteiger partial charge is 0.494 e. The number of carboxylic acids is 1. The van der Waals surface area contributed by atoms with Gasteiger partial charge >= 0.3 is 5.97 Å². The fraction of sp³-hybridized carbons (Fsp3) is 0.0870. The highest BCUT2D eigenvalue weighted by molar-refractivity contribution is 6.09. The van der Waals surface area contributed by atoms with Gasteiger partial charge in [-0.25, -0.2) is 4.79 Å². The Bertz CT molecular complexity index is 1140. The number of nitrogens with one attached hydrogen (secondary N) is 1. The number of carboxylic acid groups (broad SMARTS) is 1. The lowest BCUT2D eigenvalue weighted by Gasteiger charge is -2.09. The molecule has 150 valence electrons. The topological polar surface area (TPSA) is 104 Å². The molecule has 0 unspecified atom stereocenters. The number of carbonyl (C=O) groups excluding carboxylic acids is 1. The van der Waals surface area contributed by atoms with Crippen molar-refractivity contribution in [3.8, 4) is 17.5 Å². The maximum absolute atomic E-state index is 12.6. The summed E-state index contributed by atoms with van der Waals surface area (Å²) in [5.74, 6) is -0.893. The second-order valence-corrected chi connectivity index (χ2v) is 6.24. The number of ether oxygens (including phenoxy) is 1. The molecule has 3 aromatic rings. The highest BCUT2D eigenvalue weighted by atomic mass is 16.5. The van der Waals surface area contributed by atoms with Gasteiger partial charge in [-0.3, -0.25) is 4.79 Å². The lowest BCUT2D eigenvalue weighted by atomic mass is 10.2. The first-order valence-electron chi connectivity index (χ1n) is 9.19. The zero-order valence-electron chi connectivity index (χ0n) is 16.2. The van der Waals surface area contributed by atoms with Crippen molar-refractivity contribution in [3.05, 3.63) is 83.7 Å². The molecule has 1 amide bonds. The molecule has 30 heavy (non-hydrogen) atoms. The molecule has 0 saturated heterocycles. The predicted molar refractivity (Wildman–Crippen MR) is 113 cm³/mol. The van der Waals surface area contributed by atoms with Gasteiger partial charge in [0.05, 0.1) is 12.2 Å². The molecule has 2 N–H and O–H groups in total. The highest BCUT2D eigenvalue weighted by Crippen LogP contribution is 2.19. The van der Waals surface area contributed by atoms with Crippen LogP contribution in [0.15, 0.2) is 72.4 Å². The van der Waals surface area contributed by atoms with Gasteiger partial charge in [0.2, 0.25) is 0 Å². The average molecular weight is 401 g/mol. The quantitative estimate of drug-likeness (QED) is 0.458. The molecule has 0 saturated carbocycles. The Morgan fingerprint density at radius 2 is 1.93 bits per heavy atom. The molecule has 0 radical (unpaired) electrons. The van der Waals surface area contributed by atoms with E-state index in [0.29, 0.717) is 29.4 Å². The SMILES string of the molecule is CCOc1ccc(NC(=O)C(C#N)=Cc2cccn2-c2cccc(C(=O)O)c2)cc1. The first-order valence-corrected chi connectivity index (χ1v) is 9.19. The second-order valence-electron chi connectivity index (χ2n) is 6.24. The number of nitriles is 1. The number of rotatable bonds is 7. The summed E-state index contributed by atoms with van der Waals surface area (Å²) in [7, 11) is 0.